The first-order valence-corrected chi connectivity index (χ1v) is 11.7. The van der Waals surface area contributed by atoms with Gasteiger partial charge >= 0.3 is 0 Å². The van der Waals surface area contributed by atoms with E-state index in [0.29, 0.717) is 28.3 Å². The molecule has 3 aliphatic rings. The van der Waals surface area contributed by atoms with Gasteiger partial charge in [-0.15, -0.1) is 0 Å². The van der Waals surface area contributed by atoms with Crippen molar-refractivity contribution in [2.24, 2.45) is 5.41 Å². The molecule has 0 saturated heterocycles. The van der Waals surface area contributed by atoms with Gasteiger partial charge in [-0.25, -0.2) is 0 Å². The van der Waals surface area contributed by atoms with Crippen LogP contribution in [-0.2, 0) is 11.2 Å². The highest BCUT2D eigenvalue weighted by Crippen LogP contribution is 2.61. The maximum atomic E-state index is 10.3. The van der Waals surface area contributed by atoms with Gasteiger partial charge < -0.3 is 25.2 Å². The molecule has 2 fully saturated rings. The molecule has 1 aliphatic heterocycles. The summed E-state index contributed by atoms with van der Waals surface area (Å²) < 4.78 is 5.58. The molecule has 4 atom stereocenters. The molecule has 6 heteroatoms. The van der Waals surface area contributed by atoms with Crippen LogP contribution in [0.3, 0.4) is 0 Å². The lowest BCUT2D eigenvalue weighted by molar-refractivity contribution is -0.0915. The lowest BCUT2D eigenvalue weighted by atomic mass is 9.93. The number of aliphatic hydroxyl groups excluding tert-OH is 4. The van der Waals surface area contributed by atoms with Gasteiger partial charge in [0, 0.05) is 10.6 Å². The second-order valence-corrected chi connectivity index (χ2v) is 10.1. The molecular weight excluding hydrogens is 428 g/mol. The van der Waals surface area contributed by atoms with Crippen LogP contribution >= 0.6 is 11.6 Å². The van der Waals surface area contributed by atoms with Crippen LogP contribution in [0.5, 0.6) is 0 Å². The first-order chi connectivity index (χ1) is 15.4. The molecule has 2 aromatic carbocycles. The van der Waals surface area contributed by atoms with E-state index in [1.54, 1.807) is 12.1 Å². The Balaban J connectivity index is 1.35. The summed E-state index contributed by atoms with van der Waals surface area (Å²) in [5.41, 5.74) is 4.62. The van der Waals surface area contributed by atoms with Gasteiger partial charge in [-0.1, -0.05) is 35.9 Å². The summed E-state index contributed by atoms with van der Waals surface area (Å²) in [7, 11) is 0. The molecule has 170 valence electrons. The van der Waals surface area contributed by atoms with Crippen LogP contribution < -0.4 is 0 Å². The summed E-state index contributed by atoms with van der Waals surface area (Å²) in [4.78, 5) is 0. The van der Waals surface area contributed by atoms with Gasteiger partial charge in [0.2, 0.25) is 0 Å². The quantitative estimate of drug-likeness (QED) is 0.538. The van der Waals surface area contributed by atoms with Crippen LogP contribution in [0.15, 0.2) is 48.2 Å². The average Bonchev–Trinajstić information content (AvgIpc) is 3.43. The summed E-state index contributed by atoms with van der Waals surface area (Å²) in [6.07, 6.45) is 3.47. The van der Waals surface area contributed by atoms with E-state index in [1.165, 1.54) is 37.7 Å². The lowest BCUT2D eigenvalue weighted by Gasteiger charge is -2.33. The summed E-state index contributed by atoms with van der Waals surface area (Å²) in [6, 6.07) is 14.0. The zero-order valence-corrected chi connectivity index (χ0v) is 18.6. The van der Waals surface area contributed by atoms with Gasteiger partial charge in [-0.05, 0) is 84.7 Å². The van der Waals surface area contributed by atoms with E-state index >= 15 is 0 Å². The first-order valence-electron chi connectivity index (χ1n) is 11.3. The lowest BCUT2D eigenvalue weighted by Crippen LogP contribution is -2.45. The van der Waals surface area contributed by atoms with Crippen molar-refractivity contribution in [2.45, 2.75) is 62.8 Å². The largest absolute Gasteiger partial charge is 0.506 e. The fourth-order valence-corrected chi connectivity index (χ4v) is 5.43. The maximum absolute atomic E-state index is 10.3. The minimum absolute atomic E-state index is 0.0466. The molecular formula is C26H29ClO5. The highest BCUT2D eigenvalue weighted by molar-refractivity contribution is 6.31. The molecule has 5 nitrogen and oxygen atoms in total. The molecule has 32 heavy (non-hydrogen) atoms. The molecule has 0 amide bonds. The van der Waals surface area contributed by atoms with Gasteiger partial charge in [-0.3, -0.25) is 0 Å². The van der Waals surface area contributed by atoms with E-state index in [9.17, 15) is 20.4 Å². The zero-order valence-electron chi connectivity index (χ0n) is 17.9. The number of hydrogen-bond donors (Lipinski definition) is 4. The second kappa shape index (κ2) is 8.38. The number of halogens is 1. The van der Waals surface area contributed by atoms with E-state index in [4.69, 9.17) is 16.3 Å². The molecule has 0 aromatic heterocycles. The SMILES string of the molecule is OC[C@H]1OC(c2ccc(Cl)c(Cc3ccc(C4CCC5(CC5)C4)cc3)c2)=C(O)[C@@H](O)[C@@H]1O. The fraction of sp³-hybridized carbons (Fsp3) is 0.462. The Bertz CT molecular complexity index is 1030. The number of ether oxygens (including phenoxy) is 1. The van der Waals surface area contributed by atoms with Crippen molar-refractivity contribution < 1.29 is 25.2 Å². The van der Waals surface area contributed by atoms with Gasteiger partial charge in [0.25, 0.3) is 0 Å². The van der Waals surface area contributed by atoms with Crippen LogP contribution in [0.25, 0.3) is 5.76 Å². The van der Waals surface area contributed by atoms with Gasteiger partial charge in [0.05, 0.1) is 6.61 Å². The van der Waals surface area contributed by atoms with E-state index < -0.39 is 30.7 Å². The molecule has 0 radical (unpaired) electrons. The van der Waals surface area contributed by atoms with Crippen molar-refractivity contribution in [1.29, 1.82) is 0 Å². The molecule has 5 rings (SSSR count). The number of benzene rings is 2. The van der Waals surface area contributed by atoms with Crippen LogP contribution in [0.4, 0.5) is 0 Å². The third-order valence-corrected chi connectivity index (χ3v) is 7.85. The van der Waals surface area contributed by atoms with Gasteiger partial charge in [-0.2, -0.15) is 0 Å². The summed E-state index contributed by atoms with van der Waals surface area (Å²) in [5.74, 6) is 0.272. The van der Waals surface area contributed by atoms with E-state index in [2.05, 4.69) is 24.3 Å². The predicted molar refractivity (Wildman–Crippen MR) is 122 cm³/mol. The highest BCUT2D eigenvalue weighted by Gasteiger charge is 2.48. The van der Waals surface area contributed by atoms with Crippen LogP contribution in [-0.4, -0.2) is 45.3 Å². The number of rotatable bonds is 5. The van der Waals surface area contributed by atoms with Crippen LogP contribution in [0.1, 0.15) is 60.3 Å². The van der Waals surface area contributed by atoms with Crippen molar-refractivity contribution in [3.05, 3.63) is 75.5 Å². The van der Waals surface area contributed by atoms with Crippen LogP contribution in [0, 0.1) is 5.41 Å². The summed E-state index contributed by atoms with van der Waals surface area (Å²) >= 11 is 6.45. The fourth-order valence-electron chi connectivity index (χ4n) is 5.24. The topological polar surface area (TPSA) is 90.2 Å². The minimum Gasteiger partial charge on any atom is -0.506 e. The molecule has 1 unspecified atom stereocenters. The van der Waals surface area contributed by atoms with Crippen molar-refractivity contribution in [3.63, 3.8) is 0 Å². The number of hydrogen-bond acceptors (Lipinski definition) is 5. The molecule has 2 aliphatic carbocycles. The van der Waals surface area contributed by atoms with Crippen molar-refractivity contribution in [1.82, 2.24) is 0 Å². The van der Waals surface area contributed by atoms with E-state index in [0.717, 1.165) is 11.1 Å². The average molecular weight is 457 g/mol. The third-order valence-electron chi connectivity index (χ3n) is 7.48. The molecule has 1 spiro atoms. The second-order valence-electron chi connectivity index (χ2n) is 9.65. The van der Waals surface area contributed by atoms with Crippen molar-refractivity contribution >= 4 is 17.4 Å². The standard InChI is InChI=1S/C26H29ClO5/c27-20-6-5-17(25-24(31)23(30)22(29)21(14-28)32-25)12-19(20)11-15-1-3-16(4-2-15)18-7-8-26(13-18)9-10-26/h1-6,12,18,21-23,28-31H,7-11,13-14H2/t18?,21-,22-,23+/m1/s1. The van der Waals surface area contributed by atoms with Crippen LogP contribution in [0.2, 0.25) is 5.02 Å². The monoisotopic (exact) mass is 456 g/mol. The molecule has 2 aromatic rings. The van der Waals surface area contributed by atoms with Crippen molar-refractivity contribution in [3.8, 4) is 0 Å². The van der Waals surface area contributed by atoms with E-state index in [1.807, 2.05) is 6.07 Å². The Kier molecular flexibility index (Phi) is 5.70. The maximum Gasteiger partial charge on any atom is 0.167 e. The summed E-state index contributed by atoms with van der Waals surface area (Å²) in [6.45, 7) is -0.482. The molecule has 4 N–H and O–H groups in total. The Morgan fingerprint density at radius 2 is 1.78 bits per heavy atom. The smallest absolute Gasteiger partial charge is 0.167 e. The third kappa shape index (κ3) is 4.03. The Morgan fingerprint density at radius 1 is 1.03 bits per heavy atom. The molecule has 1 heterocycles. The number of aliphatic hydroxyl groups is 4. The summed E-state index contributed by atoms with van der Waals surface area (Å²) in [5, 5.41) is 40.4. The van der Waals surface area contributed by atoms with E-state index in [-0.39, 0.29) is 5.76 Å². The molecule has 0 bridgehead atoms. The first kappa shape index (κ1) is 21.8. The Labute approximate surface area is 192 Å². The predicted octanol–water partition coefficient (Wildman–Crippen LogP) is 4.32. The Morgan fingerprint density at radius 3 is 2.44 bits per heavy atom. The van der Waals surface area contributed by atoms with Gasteiger partial charge in [0.15, 0.2) is 17.6 Å². The normalized spacial score (nSPS) is 28.8. The molecule has 2 saturated carbocycles. The zero-order chi connectivity index (χ0) is 22.5. The Hall–Kier alpha value is -2.05. The van der Waals surface area contributed by atoms with Gasteiger partial charge in [0.1, 0.15) is 12.2 Å². The minimum atomic E-state index is -1.52. The van der Waals surface area contributed by atoms with Crippen molar-refractivity contribution in [2.75, 3.05) is 6.61 Å². The highest BCUT2D eigenvalue weighted by atomic mass is 35.5.